The molecule has 0 spiro atoms. The fourth-order valence-corrected chi connectivity index (χ4v) is 5.64. The van der Waals surface area contributed by atoms with Crippen LogP contribution in [-0.2, 0) is 27.2 Å². The van der Waals surface area contributed by atoms with E-state index >= 15 is 0 Å². The Labute approximate surface area is 246 Å². The lowest BCUT2D eigenvalue weighted by molar-refractivity contribution is -0.140. The third-order valence-corrected chi connectivity index (χ3v) is 8.25. The molecule has 2 aliphatic heterocycles. The summed E-state index contributed by atoms with van der Waals surface area (Å²) in [6.07, 6.45) is 3.95. The summed E-state index contributed by atoms with van der Waals surface area (Å²) in [5.41, 5.74) is 13.3. The van der Waals surface area contributed by atoms with Crippen molar-refractivity contribution in [1.82, 2.24) is 19.9 Å². The number of rotatable bonds is 4. The van der Waals surface area contributed by atoms with Gasteiger partial charge in [-0.15, -0.1) is 0 Å². The summed E-state index contributed by atoms with van der Waals surface area (Å²) in [6.45, 7) is 18.1. The Morgan fingerprint density at radius 3 is 2.24 bits per heavy atom. The second kappa shape index (κ2) is 12.2. The lowest BCUT2D eigenvalue weighted by atomic mass is 9.99. The zero-order chi connectivity index (χ0) is 30.9. The van der Waals surface area contributed by atoms with Crippen molar-refractivity contribution in [1.29, 1.82) is 0 Å². The van der Waals surface area contributed by atoms with E-state index in [0.29, 0.717) is 23.4 Å². The molecule has 8 nitrogen and oxygen atoms in total. The van der Waals surface area contributed by atoms with Gasteiger partial charge in [-0.3, -0.25) is 9.78 Å². The van der Waals surface area contributed by atoms with Gasteiger partial charge in [0.25, 0.3) is 0 Å². The molecule has 220 valence electrons. The number of aliphatic carboxylic acids is 1. The Kier molecular flexibility index (Phi) is 8.85. The molecule has 0 amide bonds. The molecular weight excluding hydrogens is 528 g/mol. The van der Waals surface area contributed by atoms with Gasteiger partial charge in [-0.2, -0.15) is 0 Å². The third kappa shape index (κ3) is 5.53. The standard InChI is InChI=1S/C30H32N4O2.C4H8O2/c1-8-19-15(4)23-11-21-14(3)10-22(31-21)18(7)29-28(30(35)36)17(6)25(34-29)13-27-20(9-2)16(5)24(33-27)12-26(19)32-23;1-3-4(5)6-2/h8,11-14,32-33H,1,9-10H2,2-7H3,(H,35,36);3H2,1-2H3. The summed E-state index contributed by atoms with van der Waals surface area (Å²) in [6, 6.07) is 6.23. The van der Waals surface area contributed by atoms with Crippen molar-refractivity contribution in [2.75, 3.05) is 7.11 Å². The van der Waals surface area contributed by atoms with Crippen molar-refractivity contribution in [3.63, 3.8) is 0 Å². The van der Waals surface area contributed by atoms with Gasteiger partial charge in [0.2, 0.25) is 0 Å². The molecule has 0 saturated heterocycles. The second-order valence-corrected chi connectivity index (χ2v) is 10.8. The molecule has 0 fully saturated rings. The predicted molar refractivity (Wildman–Crippen MR) is 169 cm³/mol. The first-order valence-corrected chi connectivity index (χ1v) is 14.3. The van der Waals surface area contributed by atoms with Crippen LogP contribution in [0, 0.1) is 20.8 Å². The van der Waals surface area contributed by atoms with Crippen LogP contribution in [0.15, 0.2) is 24.8 Å². The molecule has 0 aliphatic carbocycles. The summed E-state index contributed by atoms with van der Waals surface area (Å²) < 4.78 is 4.26. The van der Waals surface area contributed by atoms with E-state index in [1.165, 1.54) is 18.2 Å². The van der Waals surface area contributed by atoms with Gasteiger partial charge in [0.1, 0.15) is 0 Å². The average molecular weight is 569 g/mol. The van der Waals surface area contributed by atoms with Gasteiger partial charge in [0, 0.05) is 51.4 Å². The van der Waals surface area contributed by atoms with Crippen molar-refractivity contribution in [2.24, 2.45) is 0 Å². The number of allylic oxidation sites excluding steroid dienone is 1. The number of ether oxygens (including phenoxy) is 1. The molecule has 0 aromatic carbocycles. The summed E-state index contributed by atoms with van der Waals surface area (Å²) in [5, 5.41) is 10.1. The number of nitrogens with one attached hydrogen (secondary N) is 2. The number of aryl methyl sites for hydroxylation is 3. The Bertz CT molecular complexity index is 1780. The Morgan fingerprint density at radius 1 is 1.00 bits per heavy atom. The van der Waals surface area contributed by atoms with Crippen LogP contribution in [0.4, 0.5) is 0 Å². The molecule has 5 rings (SSSR count). The number of carbonyl (C=O) groups excluding carboxylic acids is 1. The smallest absolute Gasteiger partial charge is 0.338 e. The van der Waals surface area contributed by atoms with Crippen LogP contribution in [0.5, 0.6) is 0 Å². The molecule has 3 aromatic rings. The van der Waals surface area contributed by atoms with Gasteiger partial charge in [-0.05, 0) is 86.6 Å². The van der Waals surface area contributed by atoms with Crippen molar-refractivity contribution in [3.8, 4) is 0 Å². The first-order chi connectivity index (χ1) is 19.9. The fraction of sp³-hybridized carbons (Fsp3) is 0.353. The molecule has 8 bridgehead atoms. The average Bonchev–Trinajstić information content (AvgIpc) is 3.67. The highest BCUT2D eigenvalue weighted by Gasteiger charge is 2.27. The van der Waals surface area contributed by atoms with E-state index in [2.05, 4.69) is 61.1 Å². The van der Waals surface area contributed by atoms with E-state index in [9.17, 15) is 14.7 Å². The van der Waals surface area contributed by atoms with Crippen LogP contribution >= 0.6 is 0 Å². The summed E-state index contributed by atoms with van der Waals surface area (Å²) in [5.74, 6) is -0.911. The van der Waals surface area contributed by atoms with Crippen LogP contribution in [0.1, 0.15) is 90.6 Å². The molecule has 42 heavy (non-hydrogen) atoms. The monoisotopic (exact) mass is 568 g/mol. The lowest BCUT2D eigenvalue weighted by Gasteiger charge is -2.03. The van der Waals surface area contributed by atoms with E-state index in [1.54, 1.807) is 6.92 Å². The number of H-pyrrole nitrogens is 2. The molecule has 3 aromatic heterocycles. The maximum Gasteiger partial charge on any atom is 0.338 e. The Morgan fingerprint density at radius 2 is 1.67 bits per heavy atom. The normalized spacial score (nSPS) is 14.3. The number of carbonyl (C=O) groups is 2. The summed E-state index contributed by atoms with van der Waals surface area (Å²) in [7, 11) is 1.38. The number of fused-ring (bicyclic) bond motifs is 8. The molecule has 1 atom stereocenters. The quantitative estimate of drug-likeness (QED) is 0.283. The Balaban J connectivity index is 0.000000612. The summed E-state index contributed by atoms with van der Waals surface area (Å²) >= 11 is 0. The molecule has 3 N–H and O–H groups in total. The number of aromatic nitrogens is 4. The van der Waals surface area contributed by atoms with Gasteiger partial charge >= 0.3 is 11.9 Å². The number of aromatic amines is 2. The number of carboxylic acid groups (broad SMARTS) is 1. The maximum absolute atomic E-state index is 12.3. The van der Waals surface area contributed by atoms with E-state index in [0.717, 1.165) is 63.0 Å². The topological polar surface area (TPSA) is 121 Å². The fourth-order valence-electron chi connectivity index (χ4n) is 5.64. The van der Waals surface area contributed by atoms with Crippen molar-refractivity contribution in [2.45, 2.75) is 73.6 Å². The molecule has 1 unspecified atom stereocenters. The molecule has 0 radical (unpaired) electrons. The number of hydrogen-bond acceptors (Lipinski definition) is 5. The van der Waals surface area contributed by atoms with Crippen molar-refractivity contribution < 1.29 is 19.4 Å². The van der Waals surface area contributed by atoms with Crippen molar-refractivity contribution in [3.05, 3.63) is 75.4 Å². The predicted octanol–water partition coefficient (Wildman–Crippen LogP) is 7.38. The number of nitrogens with zero attached hydrogens (tertiary/aromatic N) is 2. The molecule has 5 heterocycles. The molecular formula is C34H40N4O4. The highest BCUT2D eigenvalue weighted by Crippen LogP contribution is 2.35. The van der Waals surface area contributed by atoms with Crippen LogP contribution in [0.25, 0.3) is 39.3 Å². The third-order valence-electron chi connectivity index (χ3n) is 8.25. The highest BCUT2D eigenvalue weighted by atomic mass is 16.5. The second-order valence-electron chi connectivity index (χ2n) is 10.8. The number of hydrogen-bond donors (Lipinski definition) is 3. The molecule has 8 heteroatoms. The number of esters is 1. The SMILES string of the molecule is C=Cc1c(C)c2cc3nc(c(C)c4nc(cc5[nH]c(cc1[nH]2)c(C)c5CC)C(C)=C4C(=O)O)CC3C.CCC(=O)OC. The van der Waals surface area contributed by atoms with E-state index < -0.39 is 5.97 Å². The minimum atomic E-state index is -0.965. The van der Waals surface area contributed by atoms with Crippen LogP contribution in [-0.4, -0.2) is 44.1 Å². The van der Waals surface area contributed by atoms with Gasteiger partial charge in [-0.1, -0.05) is 33.4 Å². The molecule has 0 saturated carbocycles. The molecule has 2 aliphatic rings. The van der Waals surface area contributed by atoms with Crippen LogP contribution < -0.4 is 0 Å². The van der Waals surface area contributed by atoms with E-state index in [1.807, 2.05) is 26.0 Å². The van der Waals surface area contributed by atoms with Gasteiger partial charge in [0.15, 0.2) is 0 Å². The first kappa shape index (κ1) is 30.5. The minimum absolute atomic E-state index is 0.157. The van der Waals surface area contributed by atoms with Gasteiger partial charge in [-0.25, -0.2) is 9.78 Å². The van der Waals surface area contributed by atoms with Gasteiger partial charge in [0.05, 0.1) is 24.1 Å². The minimum Gasteiger partial charge on any atom is -0.478 e. The number of carboxylic acids is 1. The van der Waals surface area contributed by atoms with E-state index in [-0.39, 0.29) is 17.5 Å². The van der Waals surface area contributed by atoms with Crippen LogP contribution in [0.2, 0.25) is 0 Å². The summed E-state index contributed by atoms with van der Waals surface area (Å²) in [4.78, 5) is 39.3. The van der Waals surface area contributed by atoms with Crippen LogP contribution in [0.3, 0.4) is 0 Å². The first-order valence-electron chi connectivity index (χ1n) is 14.3. The zero-order valence-electron chi connectivity index (χ0n) is 25.8. The Hall–Kier alpha value is -4.46. The lowest BCUT2D eigenvalue weighted by Crippen LogP contribution is -2.02. The van der Waals surface area contributed by atoms with Crippen molar-refractivity contribution >= 4 is 51.2 Å². The number of methoxy groups -OCH3 is 1. The highest BCUT2D eigenvalue weighted by molar-refractivity contribution is 6.24. The largest absolute Gasteiger partial charge is 0.478 e. The maximum atomic E-state index is 12.3. The zero-order valence-corrected chi connectivity index (χ0v) is 25.8. The van der Waals surface area contributed by atoms with E-state index in [4.69, 9.17) is 9.97 Å². The van der Waals surface area contributed by atoms with Gasteiger partial charge < -0.3 is 19.8 Å².